The second kappa shape index (κ2) is 9.32. The number of carbonyl (C=O) groups excluding carboxylic acids is 1. The van der Waals surface area contributed by atoms with Crippen LogP contribution in [-0.2, 0) is 9.59 Å². The molecule has 0 saturated heterocycles. The first kappa shape index (κ1) is 18.3. The molecule has 1 aromatic rings. The van der Waals surface area contributed by atoms with E-state index in [1.807, 2.05) is 6.26 Å². The first-order valence-electron chi connectivity index (χ1n) is 6.03. The third-order valence-electron chi connectivity index (χ3n) is 2.50. The van der Waals surface area contributed by atoms with E-state index in [1.165, 1.54) is 11.8 Å². The van der Waals surface area contributed by atoms with Gasteiger partial charge >= 0.3 is 5.97 Å². The van der Waals surface area contributed by atoms with Crippen LogP contribution in [0.1, 0.15) is 6.42 Å². The monoisotopic (exact) mass is 439 g/mol. The molecule has 0 spiro atoms. The van der Waals surface area contributed by atoms with Crippen molar-refractivity contribution in [2.75, 3.05) is 18.6 Å². The number of carboxylic acids is 1. The third-order valence-corrected chi connectivity index (χ3v) is 4.25. The third kappa shape index (κ3) is 6.71. The van der Waals surface area contributed by atoms with Gasteiger partial charge in [0.1, 0.15) is 11.8 Å². The van der Waals surface area contributed by atoms with E-state index in [0.717, 1.165) is 4.47 Å². The first-order valence-corrected chi connectivity index (χ1v) is 9.01. The van der Waals surface area contributed by atoms with Crippen LogP contribution in [0.5, 0.6) is 5.75 Å². The van der Waals surface area contributed by atoms with Gasteiger partial charge in [-0.3, -0.25) is 4.79 Å². The molecule has 116 valence electrons. The van der Waals surface area contributed by atoms with Crippen molar-refractivity contribution in [3.8, 4) is 5.75 Å². The molecule has 8 heteroatoms. The molecule has 1 amide bonds. The maximum absolute atomic E-state index is 11.7. The molecule has 21 heavy (non-hydrogen) atoms. The zero-order valence-electron chi connectivity index (χ0n) is 11.3. The quantitative estimate of drug-likeness (QED) is 0.649. The molecule has 1 rings (SSSR count). The van der Waals surface area contributed by atoms with Crippen LogP contribution in [0, 0.1) is 0 Å². The number of ether oxygens (including phenoxy) is 1. The van der Waals surface area contributed by atoms with Crippen LogP contribution in [0.3, 0.4) is 0 Å². The summed E-state index contributed by atoms with van der Waals surface area (Å²) in [5.41, 5.74) is 0. The number of hydrogen-bond donors (Lipinski definition) is 2. The number of halogens is 2. The van der Waals surface area contributed by atoms with E-state index < -0.39 is 17.9 Å². The molecular formula is C13H15Br2NO4S. The lowest BCUT2D eigenvalue weighted by atomic mass is 10.2. The van der Waals surface area contributed by atoms with Gasteiger partial charge < -0.3 is 15.2 Å². The Morgan fingerprint density at radius 2 is 2.14 bits per heavy atom. The van der Waals surface area contributed by atoms with Gasteiger partial charge in [-0.05, 0) is 52.6 Å². The summed E-state index contributed by atoms with van der Waals surface area (Å²) >= 11 is 8.17. The van der Waals surface area contributed by atoms with Crippen molar-refractivity contribution in [2.24, 2.45) is 0 Å². The molecule has 0 bridgehead atoms. The van der Waals surface area contributed by atoms with Gasteiger partial charge in [-0.15, -0.1) is 0 Å². The molecule has 0 aromatic heterocycles. The lowest BCUT2D eigenvalue weighted by molar-refractivity contribution is -0.142. The summed E-state index contributed by atoms with van der Waals surface area (Å²) in [6, 6.07) is 4.41. The fourth-order valence-corrected chi connectivity index (χ4v) is 3.10. The van der Waals surface area contributed by atoms with Crippen LogP contribution in [0.2, 0.25) is 0 Å². The summed E-state index contributed by atoms with van der Waals surface area (Å²) in [6.45, 7) is -0.233. The highest BCUT2D eigenvalue weighted by molar-refractivity contribution is 9.11. The van der Waals surface area contributed by atoms with Crippen molar-refractivity contribution in [3.63, 3.8) is 0 Å². The summed E-state index contributed by atoms with van der Waals surface area (Å²) < 4.78 is 6.95. The van der Waals surface area contributed by atoms with E-state index in [-0.39, 0.29) is 6.61 Å². The number of nitrogens with one attached hydrogen (secondary N) is 1. The van der Waals surface area contributed by atoms with Crippen molar-refractivity contribution < 1.29 is 19.4 Å². The number of hydrogen-bond acceptors (Lipinski definition) is 4. The Kier molecular flexibility index (Phi) is 8.13. The van der Waals surface area contributed by atoms with E-state index in [9.17, 15) is 9.59 Å². The average Bonchev–Trinajstić information content (AvgIpc) is 2.42. The zero-order chi connectivity index (χ0) is 15.8. The predicted molar refractivity (Wildman–Crippen MR) is 89.9 cm³/mol. The minimum atomic E-state index is -1.04. The van der Waals surface area contributed by atoms with Crippen molar-refractivity contribution in [2.45, 2.75) is 12.5 Å². The van der Waals surface area contributed by atoms with Crippen LogP contribution >= 0.6 is 43.6 Å². The SMILES string of the molecule is CSCC[C@H](NC(=O)COc1ccc(Br)cc1Br)C(=O)O. The molecule has 0 unspecified atom stereocenters. The van der Waals surface area contributed by atoms with Gasteiger partial charge in [-0.25, -0.2) is 4.79 Å². The molecule has 5 nitrogen and oxygen atoms in total. The Hall–Kier alpha value is -0.730. The van der Waals surface area contributed by atoms with Gasteiger partial charge in [0.2, 0.25) is 0 Å². The van der Waals surface area contributed by atoms with Gasteiger partial charge in [-0.1, -0.05) is 15.9 Å². The number of aliphatic carboxylic acids is 1. The predicted octanol–water partition coefficient (Wildman–Crippen LogP) is 2.91. The van der Waals surface area contributed by atoms with Crippen molar-refractivity contribution in [3.05, 3.63) is 27.1 Å². The number of rotatable bonds is 8. The summed E-state index contributed by atoms with van der Waals surface area (Å²) in [7, 11) is 0. The van der Waals surface area contributed by atoms with Gasteiger partial charge in [0.25, 0.3) is 5.91 Å². The second-order valence-corrected chi connectivity index (χ2v) is 6.86. The summed E-state index contributed by atoms with van der Waals surface area (Å²) in [6.07, 6.45) is 2.26. The Morgan fingerprint density at radius 3 is 2.71 bits per heavy atom. The molecule has 0 fully saturated rings. The van der Waals surface area contributed by atoms with Gasteiger partial charge in [0.15, 0.2) is 6.61 Å². The molecule has 1 aromatic carbocycles. The molecule has 0 aliphatic rings. The summed E-state index contributed by atoms with van der Waals surface area (Å²) in [5, 5.41) is 11.5. The highest BCUT2D eigenvalue weighted by atomic mass is 79.9. The highest BCUT2D eigenvalue weighted by Gasteiger charge is 2.19. The Balaban J connectivity index is 2.50. The minimum Gasteiger partial charge on any atom is -0.483 e. The molecule has 0 radical (unpaired) electrons. The number of carboxylic acid groups (broad SMARTS) is 1. The van der Waals surface area contributed by atoms with Crippen LogP contribution in [0.25, 0.3) is 0 Å². The van der Waals surface area contributed by atoms with Crippen LogP contribution in [0.15, 0.2) is 27.1 Å². The standard InChI is InChI=1S/C13H15Br2NO4S/c1-21-5-4-10(13(18)19)16-12(17)7-20-11-3-2-8(14)6-9(11)15/h2-3,6,10H,4-5,7H2,1H3,(H,16,17)(H,18,19)/t10-/m0/s1. The summed E-state index contributed by atoms with van der Waals surface area (Å²) in [4.78, 5) is 22.8. The van der Waals surface area contributed by atoms with Crippen LogP contribution in [0.4, 0.5) is 0 Å². The maximum Gasteiger partial charge on any atom is 0.326 e. The highest BCUT2D eigenvalue weighted by Crippen LogP contribution is 2.28. The smallest absolute Gasteiger partial charge is 0.326 e. The van der Waals surface area contributed by atoms with E-state index in [0.29, 0.717) is 22.4 Å². The largest absolute Gasteiger partial charge is 0.483 e. The van der Waals surface area contributed by atoms with E-state index >= 15 is 0 Å². The van der Waals surface area contributed by atoms with Crippen molar-refractivity contribution in [1.29, 1.82) is 0 Å². The van der Waals surface area contributed by atoms with E-state index in [4.69, 9.17) is 9.84 Å². The summed E-state index contributed by atoms with van der Waals surface area (Å²) in [5.74, 6) is -0.319. The molecule has 0 aliphatic carbocycles. The Morgan fingerprint density at radius 1 is 1.43 bits per heavy atom. The molecule has 0 heterocycles. The molecule has 0 saturated carbocycles. The molecule has 1 atom stereocenters. The lowest BCUT2D eigenvalue weighted by Gasteiger charge is -2.14. The first-order chi connectivity index (χ1) is 9.93. The Bertz CT molecular complexity index is 513. The molecule has 0 aliphatic heterocycles. The maximum atomic E-state index is 11.7. The Labute approximate surface area is 144 Å². The molecule has 2 N–H and O–H groups in total. The lowest BCUT2D eigenvalue weighted by Crippen LogP contribution is -2.43. The number of benzene rings is 1. The second-order valence-electron chi connectivity index (χ2n) is 4.10. The van der Waals surface area contributed by atoms with E-state index in [1.54, 1.807) is 18.2 Å². The van der Waals surface area contributed by atoms with Crippen molar-refractivity contribution >= 4 is 55.5 Å². The number of thioether (sulfide) groups is 1. The average molecular weight is 441 g/mol. The molecular weight excluding hydrogens is 426 g/mol. The van der Waals surface area contributed by atoms with Gasteiger partial charge in [-0.2, -0.15) is 11.8 Å². The van der Waals surface area contributed by atoms with Crippen LogP contribution in [-0.4, -0.2) is 41.6 Å². The normalized spacial score (nSPS) is 11.8. The van der Waals surface area contributed by atoms with Crippen LogP contribution < -0.4 is 10.1 Å². The van der Waals surface area contributed by atoms with Gasteiger partial charge in [0.05, 0.1) is 4.47 Å². The van der Waals surface area contributed by atoms with E-state index in [2.05, 4.69) is 37.2 Å². The zero-order valence-corrected chi connectivity index (χ0v) is 15.3. The number of amides is 1. The number of carbonyl (C=O) groups is 2. The fourth-order valence-electron chi connectivity index (χ4n) is 1.46. The minimum absolute atomic E-state index is 0.233. The van der Waals surface area contributed by atoms with Crippen molar-refractivity contribution in [1.82, 2.24) is 5.32 Å². The van der Waals surface area contributed by atoms with Gasteiger partial charge in [0, 0.05) is 4.47 Å². The topological polar surface area (TPSA) is 75.6 Å². The fraction of sp³-hybridized carbons (Fsp3) is 0.385.